The van der Waals surface area contributed by atoms with Gasteiger partial charge in [0.15, 0.2) is 5.75 Å². The first kappa shape index (κ1) is 20.7. The third-order valence-corrected chi connectivity index (χ3v) is 2.98. The standard InChI is InChI=1S/C10H23N.C2H4O5S/c1-2-3-4-5-6-7-8-9-10-11;3-2(4)1-8(5,6)7/h2-11H2,1H3;1H2,(H,3,4)(H,5,6,7). The Morgan fingerprint density at radius 2 is 1.42 bits per heavy atom. The summed E-state index contributed by atoms with van der Waals surface area (Å²) >= 11 is 0. The smallest absolute Gasteiger partial charge is 0.321 e. The van der Waals surface area contributed by atoms with Crippen molar-refractivity contribution >= 4 is 16.1 Å². The van der Waals surface area contributed by atoms with Gasteiger partial charge in [0, 0.05) is 0 Å². The van der Waals surface area contributed by atoms with E-state index in [0.29, 0.717) is 0 Å². The Labute approximate surface area is 116 Å². The van der Waals surface area contributed by atoms with E-state index in [1.54, 1.807) is 0 Å². The Kier molecular flexibility index (Phi) is 15.0. The van der Waals surface area contributed by atoms with Gasteiger partial charge in [-0.3, -0.25) is 9.35 Å². The van der Waals surface area contributed by atoms with Crippen LogP contribution >= 0.6 is 0 Å². The number of rotatable bonds is 10. The molecule has 7 heteroatoms. The maximum Gasteiger partial charge on any atom is 0.321 e. The molecule has 0 radical (unpaired) electrons. The van der Waals surface area contributed by atoms with Gasteiger partial charge in [-0.15, -0.1) is 0 Å². The zero-order valence-corrected chi connectivity index (χ0v) is 12.5. The molecule has 0 amide bonds. The van der Waals surface area contributed by atoms with Gasteiger partial charge in [-0.25, -0.2) is 0 Å². The van der Waals surface area contributed by atoms with Gasteiger partial charge in [0.1, 0.15) is 0 Å². The summed E-state index contributed by atoms with van der Waals surface area (Å²) in [5.74, 6) is -2.79. The molecule has 0 saturated carbocycles. The Morgan fingerprint density at radius 3 is 1.68 bits per heavy atom. The molecule has 0 aliphatic carbocycles. The van der Waals surface area contributed by atoms with Crippen LogP contribution in [-0.4, -0.2) is 36.3 Å². The van der Waals surface area contributed by atoms with Crippen LogP contribution in [0, 0.1) is 0 Å². The normalized spacial score (nSPS) is 10.7. The second-order valence-electron chi connectivity index (χ2n) is 4.38. The lowest BCUT2D eigenvalue weighted by Gasteiger charge is -1.99. The molecule has 0 bridgehead atoms. The van der Waals surface area contributed by atoms with E-state index in [9.17, 15) is 13.2 Å². The third-order valence-electron chi connectivity index (χ3n) is 2.36. The first-order chi connectivity index (χ1) is 8.83. The summed E-state index contributed by atoms with van der Waals surface area (Å²) in [7, 11) is -4.32. The van der Waals surface area contributed by atoms with Crippen LogP contribution in [0.25, 0.3) is 0 Å². The quantitative estimate of drug-likeness (QED) is 0.419. The molecule has 0 saturated heterocycles. The van der Waals surface area contributed by atoms with Crippen molar-refractivity contribution in [3.63, 3.8) is 0 Å². The molecule has 0 atom stereocenters. The fraction of sp³-hybridized carbons (Fsp3) is 0.917. The molecule has 116 valence electrons. The first-order valence-corrected chi connectivity index (χ1v) is 8.31. The predicted octanol–water partition coefficient (Wildman–Crippen LogP) is 2.04. The van der Waals surface area contributed by atoms with Gasteiger partial charge < -0.3 is 10.8 Å². The Morgan fingerprint density at radius 1 is 1.00 bits per heavy atom. The molecule has 0 aliphatic rings. The lowest BCUT2D eigenvalue weighted by Crippen LogP contribution is -2.13. The van der Waals surface area contributed by atoms with Gasteiger partial charge >= 0.3 is 5.97 Å². The maximum atomic E-state index is 9.62. The van der Waals surface area contributed by atoms with E-state index in [-0.39, 0.29) is 0 Å². The minimum atomic E-state index is -4.32. The Bertz CT molecular complexity index is 295. The van der Waals surface area contributed by atoms with Crippen molar-refractivity contribution in [3.05, 3.63) is 0 Å². The number of hydrogen-bond donors (Lipinski definition) is 3. The molecule has 0 unspecified atom stereocenters. The van der Waals surface area contributed by atoms with Crippen molar-refractivity contribution in [1.29, 1.82) is 0 Å². The molecule has 6 nitrogen and oxygen atoms in total. The highest BCUT2D eigenvalue weighted by Gasteiger charge is 2.09. The summed E-state index contributed by atoms with van der Waals surface area (Å²) in [6, 6.07) is 0. The molecule has 4 N–H and O–H groups in total. The molecular formula is C12H27NO5S. The predicted molar refractivity (Wildman–Crippen MR) is 75.7 cm³/mol. The molecule has 0 spiro atoms. The summed E-state index contributed by atoms with van der Waals surface area (Å²) in [6.45, 7) is 3.13. The molecule has 0 aliphatic heterocycles. The molecule has 0 aromatic rings. The van der Waals surface area contributed by atoms with Gasteiger partial charge in [0.2, 0.25) is 0 Å². The highest BCUT2D eigenvalue weighted by molar-refractivity contribution is 7.86. The molecule has 0 aromatic carbocycles. The SMILES string of the molecule is CCCCCCCCCCN.O=C(O)CS(=O)(=O)O. The zero-order chi connectivity index (χ0) is 15.1. The number of aliphatic carboxylic acids is 1. The number of carboxylic acids is 1. The Hall–Kier alpha value is -0.660. The largest absolute Gasteiger partial charge is 0.480 e. The second kappa shape index (κ2) is 13.8. The van der Waals surface area contributed by atoms with E-state index < -0.39 is 21.8 Å². The summed E-state index contributed by atoms with van der Waals surface area (Å²) in [5.41, 5.74) is 5.39. The summed E-state index contributed by atoms with van der Waals surface area (Å²) < 4.78 is 27.0. The summed E-state index contributed by atoms with van der Waals surface area (Å²) in [4.78, 5) is 9.48. The van der Waals surface area contributed by atoms with Crippen LogP contribution in [0.1, 0.15) is 58.3 Å². The highest BCUT2D eigenvalue weighted by atomic mass is 32.2. The van der Waals surface area contributed by atoms with Crippen LogP contribution in [0.5, 0.6) is 0 Å². The van der Waals surface area contributed by atoms with Gasteiger partial charge in [-0.1, -0.05) is 51.9 Å². The van der Waals surface area contributed by atoms with Crippen molar-refractivity contribution in [2.75, 3.05) is 12.3 Å². The van der Waals surface area contributed by atoms with Gasteiger partial charge in [0.25, 0.3) is 10.1 Å². The van der Waals surface area contributed by atoms with E-state index in [2.05, 4.69) is 6.92 Å². The molecule has 0 rings (SSSR count). The summed E-state index contributed by atoms with van der Waals surface area (Å²) in [5, 5.41) is 7.71. The van der Waals surface area contributed by atoms with Crippen LogP contribution in [0.3, 0.4) is 0 Å². The van der Waals surface area contributed by atoms with Gasteiger partial charge in [-0.2, -0.15) is 8.42 Å². The number of unbranched alkanes of at least 4 members (excludes halogenated alkanes) is 7. The first-order valence-electron chi connectivity index (χ1n) is 6.70. The van der Waals surface area contributed by atoms with Crippen molar-refractivity contribution in [1.82, 2.24) is 0 Å². The van der Waals surface area contributed by atoms with Gasteiger partial charge in [-0.05, 0) is 13.0 Å². The fourth-order valence-corrected chi connectivity index (χ4v) is 1.75. The number of carbonyl (C=O) groups is 1. The minimum absolute atomic E-state index is 0.870. The third kappa shape index (κ3) is 26.8. The number of hydrogen-bond acceptors (Lipinski definition) is 4. The molecule has 0 fully saturated rings. The topological polar surface area (TPSA) is 118 Å². The molecule has 0 aromatic heterocycles. The van der Waals surface area contributed by atoms with E-state index in [1.807, 2.05) is 0 Å². The van der Waals surface area contributed by atoms with E-state index >= 15 is 0 Å². The van der Waals surface area contributed by atoms with Crippen LogP contribution in [-0.2, 0) is 14.9 Å². The van der Waals surface area contributed by atoms with Crippen LogP contribution in [0.4, 0.5) is 0 Å². The van der Waals surface area contributed by atoms with Crippen molar-refractivity contribution in [2.45, 2.75) is 58.3 Å². The van der Waals surface area contributed by atoms with Gasteiger partial charge in [0.05, 0.1) is 0 Å². The van der Waals surface area contributed by atoms with Crippen molar-refractivity contribution in [3.8, 4) is 0 Å². The van der Waals surface area contributed by atoms with Crippen LogP contribution < -0.4 is 5.73 Å². The number of nitrogens with two attached hydrogens (primary N) is 1. The molecular weight excluding hydrogens is 270 g/mol. The minimum Gasteiger partial charge on any atom is -0.480 e. The van der Waals surface area contributed by atoms with Crippen molar-refractivity contribution in [2.24, 2.45) is 5.73 Å². The Balaban J connectivity index is 0. The number of carboxylic acid groups (broad SMARTS) is 1. The zero-order valence-electron chi connectivity index (χ0n) is 11.7. The highest BCUT2D eigenvalue weighted by Crippen LogP contribution is 2.07. The van der Waals surface area contributed by atoms with Crippen LogP contribution in [0.15, 0.2) is 0 Å². The van der Waals surface area contributed by atoms with E-state index in [1.165, 1.54) is 51.4 Å². The second-order valence-corrected chi connectivity index (χ2v) is 5.84. The fourth-order valence-electron chi connectivity index (χ4n) is 1.43. The average Bonchev–Trinajstić information content (AvgIpc) is 2.25. The lowest BCUT2D eigenvalue weighted by atomic mass is 10.1. The van der Waals surface area contributed by atoms with Crippen molar-refractivity contribution < 1.29 is 22.9 Å². The van der Waals surface area contributed by atoms with E-state index in [0.717, 1.165) is 6.54 Å². The monoisotopic (exact) mass is 297 g/mol. The maximum absolute atomic E-state index is 9.62. The van der Waals surface area contributed by atoms with Crippen LogP contribution in [0.2, 0.25) is 0 Å². The lowest BCUT2D eigenvalue weighted by molar-refractivity contribution is -0.134. The molecule has 19 heavy (non-hydrogen) atoms. The van der Waals surface area contributed by atoms with E-state index in [4.69, 9.17) is 15.4 Å². The average molecular weight is 297 g/mol. The summed E-state index contributed by atoms with van der Waals surface area (Å²) in [6.07, 6.45) is 11.0. The molecule has 0 heterocycles.